The van der Waals surface area contributed by atoms with E-state index in [0.717, 1.165) is 33.4 Å². The predicted octanol–water partition coefficient (Wildman–Crippen LogP) is 4.65. The number of nitrogens with two attached hydrogens (primary N) is 1. The van der Waals surface area contributed by atoms with Crippen molar-refractivity contribution in [3.05, 3.63) is 120 Å². The molecular formula is C41H46N4O7. The molecule has 11 heteroatoms. The lowest BCUT2D eigenvalue weighted by Crippen LogP contribution is -2.57. The molecule has 0 saturated heterocycles. The van der Waals surface area contributed by atoms with Crippen LogP contribution in [0.2, 0.25) is 0 Å². The molecule has 0 spiro atoms. The molecule has 1 aromatic heterocycles. The average molecular weight is 707 g/mol. The molecule has 11 nitrogen and oxygen atoms in total. The number of methoxy groups -OCH3 is 2. The van der Waals surface area contributed by atoms with Gasteiger partial charge in [0.2, 0.25) is 11.8 Å². The smallest absolute Gasteiger partial charge is 0.255 e. The summed E-state index contributed by atoms with van der Waals surface area (Å²) in [6, 6.07) is 29.3. The van der Waals surface area contributed by atoms with Crippen LogP contribution in [0.3, 0.4) is 0 Å². The van der Waals surface area contributed by atoms with Crippen LogP contribution in [0.25, 0.3) is 22.3 Å². The van der Waals surface area contributed by atoms with Gasteiger partial charge in [0.15, 0.2) is 11.5 Å². The largest absolute Gasteiger partial charge is 0.493 e. The first-order chi connectivity index (χ1) is 25.1. The summed E-state index contributed by atoms with van der Waals surface area (Å²) in [7, 11) is 2.91. The third-order valence-corrected chi connectivity index (χ3v) is 8.99. The fraction of sp³-hybridized carbons (Fsp3) is 0.293. The Labute approximate surface area is 303 Å². The second-order valence-electron chi connectivity index (χ2n) is 13.0. The first-order valence-corrected chi connectivity index (χ1v) is 17.2. The lowest BCUT2D eigenvalue weighted by Gasteiger charge is -2.29. The summed E-state index contributed by atoms with van der Waals surface area (Å²) in [5.41, 5.74) is 9.46. The van der Waals surface area contributed by atoms with Gasteiger partial charge in [-0.15, -0.1) is 0 Å². The number of aliphatic hydroxyl groups excluding tert-OH is 1. The molecular weight excluding hydrogens is 660 g/mol. The number of benzene rings is 4. The van der Waals surface area contributed by atoms with Crippen LogP contribution >= 0.6 is 0 Å². The molecule has 5 aromatic rings. The summed E-state index contributed by atoms with van der Waals surface area (Å²) in [4.78, 5) is 39.8. The zero-order valence-electron chi connectivity index (χ0n) is 29.8. The molecule has 0 fully saturated rings. The van der Waals surface area contributed by atoms with Crippen molar-refractivity contribution in [3.63, 3.8) is 0 Å². The van der Waals surface area contributed by atoms with Gasteiger partial charge in [-0.3, -0.25) is 14.4 Å². The molecule has 6 N–H and O–H groups in total. The van der Waals surface area contributed by atoms with E-state index in [1.54, 1.807) is 18.2 Å². The second-order valence-corrected chi connectivity index (χ2v) is 13.0. The third-order valence-electron chi connectivity index (χ3n) is 8.99. The molecule has 52 heavy (non-hydrogen) atoms. The highest BCUT2D eigenvalue weighted by Crippen LogP contribution is 2.31. The van der Waals surface area contributed by atoms with Crippen LogP contribution in [-0.4, -0.2) is 67.8 Å². The maximum Gasteiger partial charge on any atom is 0.255 e. The van der Waals surface area contributed by atoms with Gasteiger partial charge in [0.25, 0.3) is 5.91 Å². The normalized spacial score (nSPS) is 13.6. The van der Waals surface area contributed by atoms with E-state index in [4.69, 9.17) is 19.6 Å². The fourth-order valence-electron chi connectivity index (χ4n) is 6.09. The van der Waals surface area contributed by atoms with E-state index in [0.29, 0.717) is 12.2 Å². The van der Waals surface area contributed by atoms with Crippen LogP contribution in [0.5, 0.6) is 11.5 Å². The topological polar surface area (TPSA) is 165 Å². The highest BCUT2D eigenvalue weighted by atomic mass is 16.5. The van der Waals surface area contributed by atoms with Crippen LogP contribution in [0.1, 0.15) is 35.3 Å². The number of primary amides is 1. The van der Waals surface area contributed by atoms with Crippen LogP contribution < -0.4 is 31.2 Å². The van der Waals surface area contributed by atoms with Gasteiger partial charge >= 0.3 is 0 Å². The van der Waals surface area contributed by atoms with Crippen LogP contribution in [0.4, 0.5) is 0 Å². The summed E-state index contributed by atoms with van der Waals surface area (Å²) >= 11 is 0. The first kappa shape index (κ1) is 37.6. The Morgan fingerprint density at radius 3 is 2.15 bits per heavy atom. The number of carbonyl (C=O) groups excluding carboxylic acids is 3. The van der Waals surface area contributed by atoms with Crippen LogP contribution in [0, 0.1) is 5.92 Å². The predicted molar refractivity (Wildman–Crippen MR) is 200 cm³/mol. The van der Waals surface area contributed by atoms with Crippen molar-refractivity contribution >= 4 is 28.7 Å². The maximum absolute atomic E-state index is 13.8. The van der Waals surface area contributed by atoms with Gasteiger partial charge in [-0.1, -0.05) is 92.7 Å². The number of fused-ring (bicyclic) bond motifs is 1. The van der Waals surface area contributed by atoms with Crippen molar-refractivity contribution in [2.24, 2.45) is 11.7 Å². The van der Waals surface area contributed by atoms with Crippen molar-refractivity contribution in [1.29, 1.82) is 0 Å². The summed E-state index contributed by atoms with van der Waals surface area (Å²) < 4.78 is 16.7. The lowest BCUT2D eigenvalue weighted by atomic mass is 9.97. The van der Waals surface area contributed by atoms with Crippen molar-refractivity contribution in [2.75, 3.05) is 20.8 Å². The highest BCUT2D eigenvalue weighted by Gasteiger charge is 2.31. The van der Waals surface area contributed by atoms with Crippen LogP contribution in [0.15, 0.2) is 108 Å². The summed E-state index contributed by atoms with van der Waals surface area (Å²) in [5.74, 6) is -0.486. The van der Waals surface area contributed by atoms with Crippen molar-refractivity contribution in [3.8, 4) is 22.8 Å². The van der Waals surface area contributed by atoms with Gasteiger partial charge in [-0.2, -0.15) is 0 Å². The minimum atomic E-state index is -1.12. The Hall–Kier alpha value is -5.65. The Kier molecular flexibility index (Phi) is 12.7. The van der Waals surface area contributed by atoms with E-state index in [-0.39, 0.29) is 30.2 Å². The molecule has 0 aliphatic rings. The van der Waals surface area contributed by atoms with Crippen molar-refractivity contribution in [2.45, 2.75) is 50.9 Å². The molecule has 3 amide bonds. The van der Waals surface area contributed by atoms with E-state index in [2.05, 4.69) is 16.0 Å². The van der Waals surface area contributed by atoms with Crippen molar-refractivity contribution in [1.82, 2.24) is 16.0 Å². The maximum atomic E-state index is 13.8. The SMILES string of the molecule is COc1cccc(C(=O)N[C@H](C(=O)N[C@@H](Cc2ccccc2)[C@@H](O)CN[C@@H](Cc2ccc(-c3cc4ccccc4o3)cc2)C(N)=O)C(C)C)c1OC. The number of carbonyl (C=O) groups is 3. The second kappa shape index (κ2) is 17.5. The standard InChI is InChI=1S/C41H46N4O7/c1-25(2)37(45-40(48)30-14-10-16-35(50-3)38(30)51-4)41(49)44-31(21-26-11-6-5-7-12-26)33(46)24-43-32(39(42)47)22-27-17-19-28(20-18-27)36-23-29-13-8-9-15-34(29)52-36/h5-20,23,25,31-33,37,43,46H,21-22,24H2,1-4H3,(H2,42,47)(H,44,49)(H,45,48)/t31-,32-,33-,37-/m0/s1. The number of furan rings is 1. The number of rotatable bonds is 17. The molecule has 4 atom stereocenters. The highest BCUT2D eigenvalue weighted by molar-refractivity contribution is 6.00. The van der Waals surface area contributed by atoms with Gasteiger partial charge in [0.05, 0.1) is 38.0 Å². The number of nitrogens with one attached hydrogen (secondary N) is 3. The minimum absolute atomic E-state index is 0.0395. The van der Waals surface area contributed by atoms with E-state index >= 15 is 0 Å². The van der Waals surface area contributed by atoms with E-state index in [1.807, 2.05) is 98.8 Å². The van der Waals surface area contributed by atoms with Gasteiger partial charge in [0, 0.05) is 17.5 Å². The van der Waals surface area contributed by atoms with E-state index in [9.17, 15) is 19.5 Å². The summed E-state index contributed by atoms with van der Waals surface area (Å²) in [5, 5.41) is 21.4. The van der Waals surface area contributed by atoms with Gasteiger partial charge in [0.1, 0.15) is 17.4 Å². The van der Waals surface area contributed by atoms with Crippen molar-refractivity contribution < 1.29 is 33.4 Å². The van der Waals surface area contributed by atoms with Gasteiger partial charge in [-0.25, -0.2) is 0 Å². The molecule has 0 unspecified atom stereocenters. The average Bonchev–Trinajstić information content (AvgIpc) is 3.59. The zero-order chi connectivity index (χ0) is 37.2. The number of aliphatic hydroxyl groups is 1. The Bertz CT molecular complexity index is 1930. The molecule has 5 rings (SSSR count). The van der Waals surface area contributed by atoms with E-state index in [1.165, 1.54) is 14.2 Å². The first-order valence-electron chi connectivity index (χ1n) is 17.2. The fourth-order valence-corrected chi connectivity index (χ4v) is 6.09. The molecule has 0 aliphatic heterocycles. The monoisotopic (exact) mass is 706 g/mol. The Morgan fingerprint density at radius 1 is 0.808 bits per heavy atom. The molecule has 0 saturated carbocycles. The molecule has 0 radical (unpaired) electrons. The Balaban J connectivity index is 1.27. The van der Waals surface area contributed by atoms with Gasteiger partial charge < -0.3 is 40.7 Å². The molecule has 0 bridgehead atoms. The zero-order valence-corrected chi connectivity index (χ0v) is 29.8. The Morgan fingerprint density at radius 2 is 1.50 bits per heavy atom. The molecule has 1 heterocycles. The quantitative estimate of drug-likeness (QED) is 0.0933. The van der Waals surface area contributed by atoms with E-state index < -0.39 is 42.0 Å². The van der Waals surface area contributed by atoms with Gasteiger partial charge in [-0.05, 0) is 54.2 Å². The van der Waals surface area contributed by atoms with Crippen LogP contribution in [-0.2, 0) is 22.4 Å². The summed E-state index contributed by atoms with van der Waals surface area (Å²) in [6.07, 6.45) is -0.543. The third kappa shape index (κ3) is 9.36. The number of amides is 3. The number of para-hydroxylation sites is 2. The summed E-state index contributed by atoms with van der Waals surface area (Å²) in [6.45, 7) is 3.60. The molecule has 272 valence electrons. The molecule has 4 aromatic carbocycles. The molecule has 0 aliphatic carbocycles. The number of ether oxygens (including phenoxy) is 2. The minimum Gasteiger partial charge on any atom is -0.493 e. The lowest BCUT2D eigenvalue weighted by molar-refractivity contribution is -0.125. The number of hydrogen-bond donors (Lipinski definition) is 5. The number of hydrogen-bond acceptors (Lipinski definition) is 8.